The molecule has 0 saturated heterocycles. The van der Waals surface area contributed by atoms with Crippen LogP contribution in [-0.4, -0.2) is 10.1 Å². The number of hydrogen-bond donors (Lipinski definition) is 1. The van der Waals surface area contributed by atoms with Gasteiger partial charge in [-0.25, -0.2) is 0 Å². The molecule has 0 amide bonds. The lowest BCUT2D eigenvalue weighted by atomic mass is 10.2. The molecule has 106 valence electrons. The molecule has 4 nitrogen and oxygen atoms in total. The summed E-state index contributed by atoms with van der Waals surface area (Å²) in [6.07, 6.45) is 0. The van der Waals surface area contributed by atoms with Crippen LogP contribution >= 0.6 is 11.8 Å². The molecule has 0 bridgehead atoms. The van der Waals surface area contributed by atoms with Gasteiger partial charge in [-0.15, -0.1) is 11.8 Å². The van der Waals surface area contributed by atoms with Crippen molar-refractivity contribution < 1.29 is 4.52 Å². The van der Waals surface area contributed by atoms with Gasteiger partial charge in [-0.3, -0.25) is 0 Å². The zero-order valence-electron chi connectivity index (χ0n) is 11.6. The Bertz CT molecular complexity index is 737. The minimum Gasteiger partial charge on any atom is -0.399 e. The molecule has 0 saturated carbocycles. The monoisotopic (exact) mass is 297 g/mol. The van der Waals surface area contributed by atoms with E-state index >= 15 is 0 Å². The molecule has 0 radical (unpaired) electrons. The maximum Gasteiger partial charge on any atom is 0.257 e. The van der Waals surface area contributed by atoms with Crippen LogP contribution in [-0.2, 0) is 5.75 Å². The number of nitrogens with zero attached hydrogens (tertiary/aromatic N) is 2. The van der Waals surface area contributed by atoms with Gasteiger partial charge in [-0.05, 0) is 43.3 Å². The fraction of sp³-hybridized carbons (Fsp3) is 0.125. The number of benzene rings is 2. The van der Waals surface area contributed by atoms with Crippen molar-refractivity contribution >= 4 is 17.4 Å². The Morgan fingerprint density at radius 1 is 1.14 bits per heavy atom. The number of rotatable bonds is 4. The molecule has 1 heterocycles. The van der Waals surface area contributed by atoms with Gasteiger partial charge < -0.3 is 10.3 Å². The van der Waals surface area contributed by atoms with Crippen LogP contribution in [0.25, 0.3) is 11.5 Å². The fourth-order valence-corrected chi connectivity index (χ4v) is 2.77. The van der Waals surface area contributed by atoms with E-state index in [1.807, 2.05) is 30.3 Å². The molecule has 2 N–H and O–H groups in total. The Morgan fingerprint density at radius 2 is 1.95 bits per heavy atom. The third-order valence-corrected chi connectivity index (χ3v) is 3.97. The highest BCUT2D eigenvalue weighted by atomic mass is 32.2. The van der Waals surface area contributed by atoms with Crippen LogP contribution in [0.3, 0.4) is 0 Å². The highest BCUT2D eigenvalue weighted by Gasteiger charge is 2.09. The average Bonchev–Trinajstić information content (AvgIpc) is 2.95. The first-order chi connectivity index (χ1) is 10.2. The van der Waals surface area contributed by atoms with Crippen LogP contribution in [0, 0.1) is 6.92 Å². The van der Waals surface area contributed by atoms with Crippen molar-refractivity contribution in [3.63, 3.8) is 0 Å². The second-order valence-electron chi connectivity index (χ2n) is 4.74. The van der Waals surface area contributed by atoms with Crippen LogP contribution < -0.4 is 5.73 Å². The minimum absolute atomic E-state index is 0.523. The smallest absolute Gasteiger partial charge is 0.257 e. The van der Waals surface area contributed by atoms with Gasteiger partial charge in [0.2, 0.25) is 0 Å². The Labute approximate surface area is 127 Å². The highest BCUT2D eigenvalue weighted by Crippen LogP contribution is 2.24. The summed E-state index contributed by atoms with van der Waals surface area (Å²) in [5.41, 5.74) is 8.50. The number of aromatic nitrogens is 2. The molecular formula is C16H15N3OS. The summed E-state index contributed by atoms with van der Waals surface area (Å²) < 4.78 is 5.29. The largest absolute Gasteiger partial charge is 0.399 e. The van der Waals surface area contributed by atoms with Crippen molar-refractivity contribution in [1.82, 2.24) is 10.1 Å². The molecule has 3 rings (SSSR count). The average molecular weight is 297 g/mol. The second kappa shape index (κ2) is 6.01. The van der Waals surface area contributed by atoms with Crippen molar-refractivity contribution in [2.45, 2.75) is 17.6 Å². The fourth-order valence-electron chi connectivity index (χ4n) is 1.91. The van der Waals surface area contributed by atoms with E-state index in [4.69, 9.17) is 10.3 Å². The predicted octanol–water partition coefficient (Wildman–Crippen LogP) is 3.92. The summed E-state index contributed by atoms with van der Waals surface area (Å²) in [6.45, 7) is 2.08. The van der Waals surface area contributed by atoms with Crippen LogP contribution in [0.5, 0.6) is 0 Å². The summed E-state index contributed by atoms with van der Waals surface area (Å²) >= 11 is 1.69. The number of hydrogen-bond acceptors (Lipinski definition) is 5. The normalized spacial score (nSPS) is 10.7. The number of anilines is 1. The van der Waals surface area contributed by atoms with Gasteiger partial charge in [0.1, 0.15) is 0 Å². The van der Waals surface area contributed by atoms with Gasteiger partial charge in [0.25, 0.3) is 5.89 Å². The molecule has 0 spiro atoms. The van der Waals surface area contributed by atoms with Crippen LogP contribution in [0.15, 0.2) is 57.9 Å². The standard InChI is InChI=1S/C16H15N3OS/c1-11-3-2-4-14(9-11)21-10-15-18-16(20-19-15)12-5-7-13(17)8-6-12/h2-9H,10,17H2,1H3. The lowest BCUT2D eigenvalue weighted by Crippen LogP contribution is -1.86. The van der Waals surface area contributed by atoms with Crippen molar-refractivity contribution in [2.24, 2.45) is 0 Å². The number of nitrogen functional groups attached to an aromatic ring is 1. The first kappa shape index (κ1) is 13.7. The molecule has 21 heavy (non-hydrogen) atoms. The number of aryl methyl sites for hydroxylation is 1. The van der Waals surface area contributed by atoms with Crippen molar-refractivity contribution in [3.8, 4) is 11.5 Å². The van der Waals surface area contributed by atoms with E-state index in [0.29, 0.717) is 23.2 Å². The Kier molecular flexibility index (Phi) is 3.92. The molecule has 0 unspecified atom stereocenters. The van der Waals surface area contributed by atoms with Gasteiger partial charge >= 0.3 is 0 Å². The Hall–Kier alpha value is -2.27. The minimum atomic E-state index is 0.523. The zero-order chi connectivity index (χ0) is 14.7. The topological polar surface area (TPSA) is 64.9 Å². The summed E-state index contributed by atoms with van der Waals surface area (Å²) in [4.78, 5) is 5.61. The molecule has 1 aromatic heterocycles. The van der Waals surface area contributed by atoms with Crippen molar-refractivity contribution in [1.29, 1.82) is 0 Å². The summed E-state index contributed by atoms with van der Waals surface area (Å²) in [5, 5.41) is 4.01. The second-order valence-corrected chi connectivity index (χ2v) is 5.79. The molecule has 0 atom stereocenters. The summed E-state index contributed by atoms with van der Waals surface area (Å²) in [7, 11) is 0. The lowest BCUT2D eigenvalue weighted by Gasteiger charge is -1.99. The summed E-state index contributed by atoms with van der Waals surface area (Å²) in [6, 6.07) is 15.7. The van der Waals surface area contributed by atoms with Gasteiger partial charge in [-0.1, -0.05) is 22.9 Å². The van der Waals surface area contributed by atoms with E-state index in [0.717, 1.165) is 5.56 Å². The van der Waals surface area contributed by atoms with Crippen LogP contribution in [0.4, 0.5) is 5.69 Å². The van der Waals surface area contributed by atoms with E-state index < -0.39 is 0 Å². The van der Waals surface area contributed by atoms with Crippen LogP contribution in [0.1, 0.15) is 11.4 Å². The van der Waals surface area contributed by atoms with E-state index in [2.05, 4.69) is 35.3 Å². The molecular weight excluding hydrogens is 282 g/mol. The lowest BCUT2D eigenvalue weighted by molar-refractivity contribution is 0.425. The number of thioether (sulfide) groups is 1. The molecule has 5 heteroatoms. The molecule has 0 aliphatic carbocycles. The first-order valence-corrected chi connectivity index (χ1v) is 7.57. The SMILES string of the molecule is Cc1cccc(SCc2noc(-c3ccc(N)cc3)n2)c1. The zero-order valence-corrected chi connectivity index (χ0v) is 12.4. The third kappa shape index (κ3) is 3.44. The van der Waals surface area contributed by atoms with Gasteiger partial charge in [0, 0.05) is 16.1 Å². The molecule has 0 fully saturated rings. The number of nitrogens with two attached hydrogens (primary N) is 1. The quantitative estimate of drug-likeness (QED) is 0.584. The van der Waals surface area contributed by atoms with Crippen molar-refractivity contribution in [3.05, 3.63) is 59.9 Å². The highest BCUT2D eigenvalue weighted by molar-refractivity contribution is 7.98. The van der Waals surface area contributed by atoms with Crippen molar-refractivity contribution in [2.75, 3.05) is 5.73 Å². The van der Waals surface area contributed by atoms with Gasteiger partial charge in [0.15, 0.2) is 5.82 Å². The van der Waals surface area contributed by atoms with E-state index in [1.165, 1.54) is 10.5 Å². The Morgan fingerprint density at radius 3 is 2.71 bits per heavy atom. The van der Waals surface area contributed by atoms with Crippen LogP contribution in [0.2, 0.25) is 0 Å². The maximum atomic E-state index is 5.66. The molecule has 2 aromatic carbocycles. The predicted molar refractivity (Wildman–Crippen MR) is 84.9 cm³/mol. The maximum absolute atomic E-state index is 5.66. The van der Waals surface area contributed by atoms with E-state index in [1.54, 1.807) is 11.8 Å². The molecule has 0 aliphatic heterocycles. The van der Waals surface area contributed by atoms with Gasteiger partial charge in [-0.2, -0.15) is 4.98 Å². The first-order valence-electron chi connectivity index (χ1n) is 6.59. The Balaban J connectivity index is 1.69. The van der Waals surface area contributed by atoms with Gasteiger partial charge in [0.05, 0.1) is 5.75 Å². The van der Waals surface area contributed by atoms with E-state index in [-0.39, 0.29) is 0 Å². The molecule has 3 aromatic rings. The third-order valence-electron chi connectivity index (χ3n) is 2.98. The summed E-state index contributed by atoms with van der Waals surface area (Å²) in [5.74, 6) is 1.89. The molecule has 0 aliphatic rings. The van der Waals surface area contributed by atoms with E-state index in [9.17, 15) is 0 Å².